The minimum Gasteiger partial charge on any atom is -0.356 e. The highest BCUT2D eigenvalue weighted by Gasteiger charge is 2.19. The Morgan fingerprint density at radius 2 is 1.77 bits per heavy atom. The molecule has 2 rings (SSSR count). The average Bonchev–Trinajstić information content (AvgIpc) is 2.47. The van der Waals surface area contributed by atoms with Crippen molar-refractivity contribution in [2.75, 3.05) is 46.3 Å². The predicted octanol–water partition coefficient (Wildman–Crippen LogP) is 3.03. The number of nitrogens with one attached hydrogen (secondary N) is 1. The molecule has 1 N–H and O–H groups in total. The Bertz CT molecular complexity index is 335. The van der Waals surface area contributed by atoms with E-state index in [1.54, 1.807) is 0 Å². The highest BCUT2D eigenvalue weighted by atomic mass is 127. The number of aliphatic imine (C=N–C) groups is 1. The minimum atomic E-state index is 0. The Morgan fingerprint density at radius 1 is 1.09 bits per heavy atom. The van der Waals surface area contributed by atoms with E-state index in [9.17, 15) is 0 Å². The molecule has 130 valence electrons. The molecule has 22 heavy (non-hydrogen) atoms. The second-order valence-corrected chi connectivity index (χ2v) is 7.07. The smallest absolute Gasteiger partial charge is 0.193 e. The van der Waals surface area contributed by atoms with E-state index in [4.69, 9.17) is 0 Å². The monoisotopic (exact) mass is 422 g/mol. The van der Waals surface area contributed by atoms with Crippen molar-refractivity contribution in [2.24, 2.45) is 16.8 Å². The van der Waals surface area contributed by atoms with Crippen molar-refractivity contribution in [1.82, 2.24) is 15.1 Å². The summed E-state index contributed by atoms with van der Waals surface area (Å²) < 4.78 is 0. The molecule has 2 unspecified atom stereocenters. The molecule has 0 saturated carbocycles. The van der Waals surface area contributed by atoms with Gasteiger partial charge >= 0.3 is 0 Å². The second kappa shape index (κ2) is 10.7. The van der Waals surface area contributed by atoms with Crippen LogP contribution in [0.5, 0.6) is 0 Å². The number of guanidine groups is 1. The van der Waals surface area contributed by atoms with Gasteiger partial charge in [0.05, 0.1) is 0 Å². The molecule has 2 aliphatic rings. The molecule has 0 aromatic carbocycles. The first kappa shape index (κ1) is 20.0. The SMILES string of the molecule is CN=C(NCCCN1CCCC(C)C1)N1CCCC(C)C1.I. The van der Waals surface area contributed by atoms with Crippen molar-refractivity contribution in [3.05, 3.63) is 0 Å². The van der Waals surface area contributed by atoms with Gasteiger partial charge in [-0.2, -0.15) is 0 Å². The third kappa shape index (κ3) is 6.60. The molecule has 0 bridgehead atoms. The van der Waals surface area contributed by atoms with E-state index in [0.717, 1.165) is 37.4 Å². The van der Waals surface area contributed by atoms with Gasteiger partial charge in [0.2, 0.25) is 0 Å². The molecule has 4 nitrogen and oxygen atoms in total. The number of nitrogens with zero attached hydrogens (tertiary/aromatic N) is 3. The van der Waals surface area contributed by atoms with Crippen LogP contribution in [-0.4, -0.2) is 62.1 Å². The van der Waals surface area contributed by atoms with Crippen molar-refractivity contribution in [2.45, 2.75) is 46.0 Å². The van der Waals surface area contributed by atoms with Gasteiger partial charge in [-0.25, -0.2) is 0 Å². The largest absolute Gasteiger partial charge is 0.356 e. The summed E-state index contributed by atoms with van der Waals surface area (Å²) in [6.45, 7) is 11.9. The van der Waals surface area contributed by atoms with Crippen LogP contribution in [0.4, 0.5) is 0 Å². The third-order valence-electron chi connectivity index (χ3n) is 4.84. The summed E-state index contributed by atoms with van der Waals surface area (Å²) >= 11 is 0. The van der Waals surface area contributed by atoms with Crippen molar-refractivity contribution in [1.29, 1.82) is 0 Å². The van der Waals surface area contributed by atoms with Crippen LogP contribution in [0.2, 0.25) is 0 Å². The Morgan fingerprint density at radius 3 is 2.41 bits per heavy atom. The van der Waals surface area contributed by atoms with Gasteiger partial charge in [-0.1, -0.05) is 13.8 Å². The summed E-state index contributed by atoms with van der Waals surface area (Å²) in [4.78, 5) is 9.51. The lowest BCUT2D eigenvalue weighted by atomic mass is 10.0. The number of rotatable bonds is 4. The number of hydrogen-bond donors (Lipinski definition) is 1. The van der Waals surface area contributed by atoms with Gasteiger partial charge in [0.15, 0.2) is 5.96 Å². The quantitative estimate of drug-likeness (QED) is 0.327. The summed E-state index contributed by atoms with van der Waals surface area (Å²) in [6.07, 6.45) is 6.67. The Balaban J connectivity index is 0.00000242. The van der Waals surface area contributed by atoms with Gasteiger partial charge in [-0.3, -0.25) is 4.99 Å². The van der Waals surface area contributed by atoms with E-state index in [1.165, 1.54) is 51.7 Å². The van der Waals surface area contributed by atoms with Crippen LogP contribution < -0.4 is 5.32 Å². The van der Waals surface area contributed by atoms with Crippen LogP contribution in [-0.2, 0) is 0 Å². The maximum Gasteiger partial charge on any atom is 0.193 e. The summed E-state index contributed by atoms with van der Waals surface area (Å²) in [5, 5.41) is 3.56. The van der Waals surface area contributed by atoms with Gasteiger partial charge in [-0.15, -0.1) is 24.0 Å². The standard InChI is InChI=1S/C17H34N4.HI/c1-15-7-4-10-20(13-15)11-6-9-19-17(18-3)21-12-5-8-16(2)14-21;/h15-16H,4-14H2,1-3H3,(H,18,19);1H. The molecule has 0 spiro atoms. The molecular weight excluding hydrogens is 387 g/mol. The van der Waals surface area contributed by atoms with Gasteiger partial charge in [-0.05, 0) is 57.0 Å². The topological polar surface area (TPSA) is 30.9 Å². The van der Waals surface area contributed by atoms with E-state index in [0.29, 0.717) is 0 Å². The lowest BCUT2D eigenvalue weighted by molar-refractivity contribution is 0.182. The molecule has 2 atom stereocenters. The highest BCUT2D eigenvalue weighted by Crippen LogP contribution is 2.16. The number of halogens is 1. The zero-order chi connectivity index (χ0) is 15.1. The molecule has 2 fully saturated rings. The first-order valence-electron chi connectivity index (χ1n) is 8.87. The number of likely N-dealkylation sites (tertiary alicyclic amines) is 2. The van der Waals surface area contributed by atoms with E-state index in [-0.39, 0.29) is 24.0 Å². The van der Waals surface area contributed by atoms with Crippen LogP contribution >= 0.6 is 24.0 Å². The maximum atomic E-state index is 4.46. The average molecular weight is 422 g/mol. The Kier molecular flexibility index (Phi) is 9.71. The Hall–Kier alpha value is -0.0400. The lowest BCUT2D eigenvalue weighted by Gasteiger charge is -2.34. The van der Waals surface area contributed by atoms with E-state index in [1.807, 2.05) is 7.05 Å². The van der Waals surface area contributed by atoms with E-state index >= 15 is 0 Å². The van der Waals surface area contributed by atoms with Gasteiger partial charge in [0.25, 0.3) is 0 Å². The van der Waals surface area contributed by atoms with E-state index < -0.39 is 0 Å². The summed E-state index contributed by atoms with van der Waals surface area (Å²) in [5.74, 6) is 2.79. The lowest BCUT2D eigenvalue weighted by Crippen LogP contribution is -2.46. The molecule has 0 aromatic heterocycles. The van der Waals surface area contributed by atoms with Gasteiger partial charge in [0.1, 0.15) is 0 Å². The summed E-state index contributed by atoms with van der Waals surface area (Å²) in [6, 6.07) is 0. The molecule has 0 radical (unpaired) electrons. The van der Waals surface area contributed by atoms with Crippen molar-refractivity contribution in [3.63, 3.8) is 0 Å². The van der Waals surface area contributed by atoms with Gasteiger partial charge < -0.3 is 15.1 Å². The molecule has 2 aliphatic heterocycles. The van der Waals surface area contributed by atoms with Crippen LogP contribution in [0.15, 0.2) is 4.99 Å². The molecule has 5 heteroatoms. The number of piperidine rings is 2. The molecule has 0 aliphatic carbocycles. The third-order valence-corrected chi connectivity index (χ3v) is 4.84. The van der Waals surface area contributed by atoms with E-state index in [2.05, 4.69) is 34.0 Å². The zero-order valence-electron chi connectivity index (χ0n) is 14.7. The number of hydrogen-bond acceptors (Lipinski definition) is 2. The highest BCUT2D eigenvalue weighted by molar-refractivity contribution is 14.0. The van der Waals surface area contributed by atoms with Crippen molar-refractivity contribution >= 4 is 29.9 Å². The molecular formula is C17H35IN4. The fraction of sp³-hybridized carbons (Fsp3) is 0.941. The maximum absolute atomic E-state index is 4.46. The molecule has 0 amide bonds. The minimum absolute atomic E-state index is 0. The normalized spacial score (nSPS) is 27.4. The van der Waals surface area contributed by atoms with Gasteiger partial charge in [0, 0.05) is 33.2 Å². The van der Waals surface area contributed by atoms with Crippen LogP contribution in [0.1, 0.15) is 46.0 Å². The molecule has 2 heterocycles. The van der Waals surface area contributed by atoms with Crippen LogP contribution in [0.3, 0.4) is 0 Å². The first-order valence-corrected chi connectivity index (χ1v) is 8.87. The summed E-state index contributed by atoms with van der Waals surface area (Å²) in [7, 11) is 1.91. The first-order chi connectivity index (χ1) is 10.2. The molecule has 2 saturated heterocycles. The van der Waals surface area contributed by atoms with Crippen molar-refractivity contribution < 1.29 is 0 Å². The second-order valence-electron chi connectivity index (χ2n) is 7.07. The predicted molar refractivity (Wildman–Crippen MR) is 106 cm³/mol. The molecule has 0 aromatic rings. The van der Waals surface area contributed by atoms with Crippen molar-refractivity contribution in [3.8, 4) is 0 Å². The fourth-order valence-corrected chi connectivity index (χ4v) is 3.71. The van der Waals surface area contributed by atoms with Crippen LogP contribution in [0.25, 0.3) is 0 Å². The summed E-state index contributed by atoms with van der Waals surface area (Å²) in [5.41, 5.74) is 0. The zero-order valence-corrected chi connectivity index (χ0v) is 17.0. The van der Waals surface area contributed by atoms with Crippen LogP contribution in [0, 0.1) is 11.8 Å². The Labute approximate surface area is 154 Å². The fourth-order valence-electron chi connectivity index (χ4n) is 3.71.